The maximum absolute atomic E-state index is 3.85. The van der Waals surface area contributed by atoms with Crippen LogP contribution in [-0.2, 0) is 0 Å². The Kier molecular flexibility index (Phi) is 7.92. The zero-order valence-corrected chi connectivity index (χ0v) is 12.3. The molecule has 17 heavy (non-hydrogen) atoms. The quantitative estimate of drug-likeness (QED) is 0.644. The van der Waals surface area contributed by atoms with Gasteiger partial charge in [-0.05, 0) is 37.6 Å². The highest BCUT2D eigenvalue weighted by molar-refractivity contribution is 4.78. The second-order valence-electron chi connectivity index (χ2n) is 5.96. The van der Waals surface area contributed by atoms with Gasteiger partial charge in [0, 0.05) is 6.04 Å². The largest absolute Gasteiger partial charge is 0.314 e. The Morgan fingerprint density at radius 1 is 1.18 bits per heavy atom. The van der Waals surface area contributed by atoms with E-state index in [-0.39, 0.29) is 0 Å². The van der Waals surface area contributed by atoms with Crippen molar-refractivity contribution in [1.29, 1.82) is 0 Å². The third kappa shape index (κ3) is 5.90. The summed E-state index contributed by atoms with van der Waals surface area (Å²) in [6, 6.07) is 0.823. The van der Waals surface area contributed by atoms with Gasteiger partial charge in [0.1, 0.15) is 0 Å². The monoisotopic (exact) mass is 239 g/mol. The van der Waals surface area contributed by atoms with Gasteiger partial charge in [0.05, 0.1) is 0 Å². The van der Waals surface area contributed by atoms with Gasteiger partial charge in [0.2, 0.25) is 0 Å². The maximum Gasteiger partial charge on any atom is 0.00698 e. The van der Waals surface area contributed by atoms with Gasteiger partial charge in [0.25, 0.3) is 0 Å². The van der Waals surface area contributed by atoms with Crippen LogP contribution in [0.5, 0.6) is 0 Å². The molecule has 1 aliphatic carbocycles. The van der Waals surface area contributed by atoms with Gasteiger partial charge in [-0.25, -0.2) is 0 Å². The molecule has 0 amide bonds. The van der Waals surface area contributed by atoms with Crippen LogP contribution >= 0.6 is 0 Å². The molecule has 1 fully saturated rings. The lowest BCUT2D eigenvalue weighted by Gasteiger charge is -2.30. The molecule has 1 heteroatoms. The minimum absolute atomic E-state index is 0.823. The van der Waals surface area contributed by atoms with Crippen molar-refractivity contribution < 1.29 is 0 Å². The molecule has 0 radical (unpaired) electrons. The summed E-state index contributed by atoms with van der Waals surface area (Å²) < 4.78 is 0. The third-order valence-electron chi connectivity index (χ3n) is 4.60. The van der Waals surface area contributed by atoms with E-state index >= 15 is 0 Å². The van der Waals surface area contributed by atoms with Crippen LogP contribution in [0.2, 0.25) is 0 Å². The Morgan fingerprint density at radius 3 is 2.65 bits per heavy atom. The molecule has 3 atom stereocenters. The van der Waals surface area contributed by atoms with Crippen molar-refractivity contribution in [2.45, 2.75) is 84.6 Å². The Labute approximate surface area is 109 Å². The van der Waals surface area contributed by atoms with E-state index in [0.717, 1.165) is 17.9 Å². The molecular formula is C16H33N. The van der Waals surface area contributed by atoms with E-state index in [4.69, 9.17) is 0 Å². The van der Waals surface area contributed by atoms with Gasteiger partial charge in [0.15, 0.2) is 0 Å². The molecular weight excluding hydrogens is 206 g/mol. The van der Waals surface area contributed by atoms with Crippen molar-refractivity contribution in [2.75, 3.05) is 6.54 Å². The highest BCUT2D eigenvalue weighted by Gasteiger charge is 2.20. The van der Waals surface area contributed by atoms with Crippen molar-refractivity contribution >= 4 is 0 Å². The molecule has 3 unspecified atom stereocenters. The molecule has 1 N–H and O–H groups in total. The lowest BCUT2D eigenvalue weighted by atomic mass is 9.84. The number of rotatable bonds is 8. The molecule has 0 saturated heterocycles. The van der Waals surface area contributed by atoms with Gasteiger partial charge >= 0.3 is 0 Å². The molecule has 0 bridgehead atoms. The van der Waals surface area contributed by atoms with E-state index in [1.165, 1.54) is 64.3 Å². The molecule has 1 nitrogen and oxygen atoms in total. The van der Waals surface area contributed by atoms with E-state index in [0.29, 0.717) is 0 Å². The highest BCUT2D eigenvalue weighted by Crippen LogP contribution is 2.26. The van der Waals surface area contributed by atoms with Crippen molar-refractivity contribution in [3.05, 3.63) is 0 Å². The van der Waals surface area contributed by atoms with Crippen molar-refractivity contribution in [1.82, 2.24) is 5.32 Å². The average Bonchev–Trinajstić information content (AvgIpc) is 2.39. The van der Waals surface area contributed by atoms with Crippen LogP contribution in [0, 0.1) is 11.8 Å². The van der Waals surface area contributed by atoms with Crippen molar-refractivity contribution in [3.63, 3.8) is 0 Å². The predicted octanol–water partition coefficient (Wildman–Crippen LogP) is 4.76. The Hall–Kier alpha value is -0.0400. The van der Waals surface area contributed by atoms with E-state index < -0.39 is 0 Å². The lowest BCUT2D eigenvalue weighted by Crippen LogP contribution is -2.37. The first-order chi connectivity index (χ1) is 8.30. The summed E-state index contributed by atoms with van der Waals surface area (Å²) in [5, 5.41) is 3.85. The van der Waals surface area contributed by atoms with Crippen LogP contribution < -0.4 is 5.32 Å². The number of nitrogens with one attached hydrogen (secondary N) is 1. The van der Waals surface area contributed by atoms with Crippen molar-refractivity contribution in [2.24, 2.45) is 11.8 Å². The molecule has 1 saturated carbocycles. The summed E-state index contributed by atoms with van der Waals surface area (Å²) in [4.78, 5) is 0. The smallest absolute Gasteiger partial charge is 0.00698 e. The van der Waals surface area contributed by atoms with Gasteiger partial charge in [-0.15, -0.1) is 0 Å². The van der Waals surface area contributed by atoms with E-state index in [1.54, 1.807) is 0 Å². The highest BCUT2D eigenvalue weighted by atomic mass is 14.9. The summed E-state index contributed by atoms with van der Waals surface area (Å²) in [6.07, 6.45) is 12.7. The van der Waals surface area contributed by atoms with Crippen LogP contribution in [0.3, 0.4) is 0 Å². The molecule has 0 spiro atoms. The zero-order valence-electron chi connectivity index (χ0n) is 12.3. The zero-order chi connectivity index (χ0) is 12.5. The van der Waals surface area contributed by atoms with Crippen molar-refractivity contribution in [3.8, 4) is 0 Å². The second kappa shape index (κ2) is 8.97. The first-order valence-electron chi connectivity index (χ1n) is 8.03. The minimum atomic E-state index is 0.823. The summed E-state index contributed by atoms with van der Waals surface area (Å²) in [5.74, 6) is 1.91. The third-order valence-corrected chi connectivity index (χ3v) is 4.60. The Bertz CT molecular complexity index is 178. The van der Waals surface area contributed by atoms with E-state index in [2.05, 4.69) is 26.1 Å². The van der Waals surface area contributed by atoms with Gasteiger partial charge in [-0.2, -0.15) is 0 Å². The second-order valence-corrected chi connectivity index (χ2v) is 5.96. The summed E-state index contributed by atoms with van der Waals surface area (Å²) in [5.41, 5.74) is 0. The van der Waals surface area contributed by atoms with Crippen LogP contribution in [0.1, 0.15) is 78.6 Å². The summed E-state index contributed by atoms with van der Waals surface area (Å²) >= 11 is 0. The number of hydrogen-bond acceptors (Lipinski definition) is 1. The van der Waals surface area contributed by atoms with Crippen LogP contribution in [0.4, 0.5) is 0 Å². The Balaban J connectivity index is 2.18. The first kappa shape index (κ1) is 15.0. The topological polar surface area (TPSA) is 12.0 Å². The van der Waals surface area contributed by atoms with Gasteiger partial charge in [-0.3, -0.25) is 0 Å². The molecule has 1 rings (SSSR count). The van der Waals surface area contributed by atoms with Gasteiger partial charge < -0.3 is 5.32 Å². The maximum atomic E-state index is 3.85. The fourth-order valence-electron chi connectivity index (χ4n) is 3.12. The van der Waals surface area contributed by atoms with Crippen LogP contribution in [-0.4, -0.2) is 12.6 Å². The van der Waals surface area contributed by atoms with E-state index in [1.807, 2.05) is 0 Å². The molecule has 0 heterocycles. The number of hydrogen-bond donors (Lipinski definition) is 1. The number of unbranched alkanes of at least 4 members (excludes halogenated alkanes) is 1. The lowest BCUT2D eigenvalue weighted by molar-refractivity contribution is 0.265. The fourth-order valence-corrected chi connectivity index (χ4v) is 3.12. The summed E-state index contributed by atoms with van der Waals surface area (Å²) in [6.45, 7) is 8.26. The Morgan fingerprint density at radius 2 is 2.00 bits per heavy atom. The summed E-state index contributed by atoms with van der Waals surface area (Å²) in [7, 11) is 0. The standard InChI is InChI=1S/C16H33N/c1-4-7-9-15(6-3)13-17-16-11-8-10-14(5-2)12-16/h14-17H,4-13H2,1-3H3. The SMILES string of the molecule is CCCCC(CC)CNC1CCCC(CC)C1. The molecule has 0 aromatic rings. The fraction of sp³-hybridized carbons (Fsp3) is 1.00. The normalized spacial score (nSPS) is 27.0. The van der Waals surface area contributed by atoms with Gasteiger partial charge in [-0.1, -0.05) is 59.3 Å². The molecule has 1 aliphatic rings. The average molecular weight is 239 g/mol. The molecule has 0 aromatic heterocycles. The molecule has 102 valence electrons. The predicted molar refractivity (Wildman–Crippen MR) is 77.3 cm³/mol. The molecule has 0 aliphatic heterocycles. The molecule has 0 aromatic carbocycles. The minimum Gasteiger partial charge on any atom is -0.314 e. The van der Waals surface area contributed by atoms with Crippen LogP contribution in [0.25, 0.3) is 0 Å². The van der Waals surface area contributed by atoms with Crippen LogP contribution in [0.15, 0.2) is 0 Å². The first-order valence-corrected chi connectivity index (χ1v) is 8.03. The van der Waals surface area contributed by atoms with E-state index in [9.17, 15) is 0 Å².